The Morgan fingerprint density at radius 3 is 2.94 bits per heavy atom. The van der Waals surface area contributed by atoms with Crippen molar-refractivity contribution in [2.24, 2.45) is 5.92 Å². The maximum Gasteiger partial charge on any atom is 0.126 e. The van der Waals surface area contributed by atoms with Gasteiger partial charge in [-0.3, -0.25) is 0 Å². The summed E-state index contributed by atoms with van der Waals surface area (Å²) in [6.07, 6.45) is 2.50. The van der Waals surface area contributed by atoms with Gasteiger partial charge in [0, 0.05) is 12.5 Å². The molecule has 1 aromatic rings. The first-order valence-electron chi connectivity index (χ1n) is 6.29. The monoisotopic (exact) mass is 253 g/mol. The van der Waals surface area contributed by atoms with Gasteiger partial charge in [0.05, 0.1) is 0 Å². The van der Waals surface area contributed by atoms with E-state index in [-0.39, 0.29) is 5.82 Å². The van der Waals surface area contributed by atoms with Crippen LogP contribution in [0, 0.1) is 11.7 Å². The van der Waals surface area contributed by atoms with Crippen LogP contribution >= 0.6 is 11.8 Å². The van der Waals surface area contributed by atoms with Gasteiger partial charge in [0.25, 0.3) is 0 Å². The van der Waals surface area contributed by atoms with Crippen molar-refractivity contribution >= 4 is 11.8 Å². The Hall–Kier alpha value is -0.540. The smallest absolute Gasteiger partial charge is 0.126 e. The zero-order valence-electron chi connectivity index (χ0n) is 10.3. The Kier molecular flexibility index (Phi) is 4.86. The Balaban J connectivity index is 2.18. The van der Waals surface area contributed by atoms with Crippen LogP contribution in [0.25, 0.3) is 0 Å². The topological polar surface area (TPSA) is 12.0 Å². The first-order valence-corrected chi connectivity index (χ1v) is 7.45. The fourth-order valence-corrected chi connectivity index (χ4v) is 3.85. The minimum Gasteiger partial charge on any atom is -0.319 e. The molecule has 0 radical (unpaired) electrons. The van der Waals surface area contributed by atoms with Crippen molar-refractivity contribution in [1.29, 1.82) is 0 Å². The summed E-state index contributed by atoms with van der Waals surface area (Å²) in [7, 11) is 1.95. The number of likely N-dealkylation sites (N-methyl/N-ethyl adjacent to an activating group) is 1. The van der Waals surface area contributed by atoms with E-state index in [1.54, 1.807) is 12.1 Å². The van der Waals surface area contributed by atoms with Gasteiger partial charge in [0.1, 0.15) is 5.82 Å². The van der Waals surface area contributed by atoms with Crippen molar-refractivity contribution in [3.8, 4) is 0 Å². The summed E-state index contributed by atoms with van der Waals surface area (Å²) in [4.78, 5) is 0. The Labute approximate surface area is 107 Å². The highest BCUT2D eigenvalue weighted by Crippen LogP contribution is 2.35. The van der Waals surface area contributed by atoms with Crippen molar-refractivity contribution in [2.45, 2.75) is 18.8 Å². The van der Waals surface area contributed by atoms with Gasteiger partial charge in [-0.15, -0.1) is 0 Å². The molecular weight excluding hydrogens is 233 g/mol. The summed E-state index contributed by atoms with van der Waals surface area (Å²) in [6.45, 7) is 0.867. The summed E-state index contributed by atoms with van der Waals surface area (Å²) in [5.74, 6) is 3.30. The molecule has 1 nitrogen and oxygen atoms in total. The number of hydrogen-bond donors (Lipinski definition) is 1. The number of halogens is 1. The van der Waals surface area contributed by atoms with Gasteiger partial charge in [-0.25, -0.2) is 4.39 Å². The van der Waals surface area contributed by atoms with E-state index in [9.17, 15) is 4.39 Å². The van der Waals surface area contributed by atoms with Crippen molar-refractivity contribution in [3.05, 3.63) is 35.6 Å². The van der Waals surface area contributed by atoms with Gasteiger partial charge in [0.15, 0.2) is 0 Å². The Bertz CT molecular complexity index is 350. The average molecular weight is 253 g/mol. The molecule has 1 N–H and O–H groups in total. The highest BCUT2D eigenvalue weighted by atomic mass is 32.2. The number of rotatable bonds is 4. The zero-order valence-corrected chi connectivity index (χ0v) is 11.1. The van der Waals surface area contributed by atoms with Crippen LogP contribution in [0.5, 0.6) is 0 Å². The van der Waals surface area contributed by atoms with Gasteiger partial charge < -0.3 is 5.32 Å². The Morgan fingerprint density at radius 2 is 2.29 bits per heavy atom. The maximum atomic E-state index is 13.9. The van der Waals surface area contributed by atoms with E-state index in [4.69, 9.17) is 0 Å². The van der Waals surface area contributed by atoms with Gasteiger partial charge in [-0.2, -0.15) is 11.8 Å². The normalized spacial score (nSPS) is 22.4. The summed E-state index contributed by atoms with van der Waals surface area (Å²) >= 11 is 2.01. The van der Waals surface area contributed by atoms with Gasteiger partial charge in [-0.1, -0.05) is 18.2 Å². The van der Waals surface area contributed by atoms with Crippen LogP contribution in [0.1, 0.15) is 24.3 Å². The van der Waals surface area contributed by atoms with Crippen LogP contribution in [-0.4, -0.2) is 25.1 Å². The SMILES string of the molecule is CNCC(c1ccccc1F)C1CCCSC1. The van der Waals surface area contributed by atoms with Crippen molar-refractivity contribution in [1.82, 2.24) is 5.32 Å². The maximum absolute atomic E-state index is 13.9. The van der Waals surface area contributed by atoms with Crippen LogP contribution in [0.3, 0.4) is 0 Å². The minimum absolute atomic E-state index is 0.0525. The van der Waals surface area contributed by atoms with Gasteiger partial charge in [-0.05, 0) is 48.9 Å². The van der Waals surface area contributed by atoms with Crippen LogP contribution in [0.4, 0.5) is 4.39 Å². The van der Waals surface area contributed by atoms with Crippen molar-refractivity contribution < 1.29 is 4.39 Å². The molecule has 3 heteroatoms. The molecule has 94 valence electrons. The van der Waals surface area contributed by atoms with Crippen LogP contribution in [-0.2, 0) is 0 Å². The average Bonchev–Trinajstić information content (AvgIpc) is 2.38. The molecule has 0 amide bonds. The number of thioether (sulfide) groups is 1. The first-order chi connectivity index (χ1) is 8.33. The van der Waals surface area contributed by atoms with Crippen LogP contribution < -0.4 is 5.32 Å². The third-order valence-electron chi connectivity index (χ3n) is 3.49. The molecular formula is C14H20FNS. The van der Waals surface area contributed by atoms with E-state index in [0.29, 0.717) is 11.8 Å². The lowest BCUT2D eigenvalue weighted by Crippen LogP contribution is -2.28. The molecule has 1 heterocycles. The summed E-state index contributed by atoms with van der Waals surface area (Å²) in [5.41, 5.74) is 0.884. The Morgan fingerprint density at radius 1 is 1.47 bits per heavy atom. The number of nitrogens with one attached hydrogen (secondary N) is 1. The molecule has 1 fully saturated rings. The van der Waals surface area contributed by atoms with Gasteiger partial charge in [0.2, 0.25) is 0 Å². The van der Waals surface area contributed by atoms with Crippen molar-refractivity contribution in [2.75, 3.05) is 25.1 Å². The minimum atomic E-state index is -0.0525. The molecule has 0 aromatic heterocycles. The van der Waals surface area contributed by atoms with E-state index < -0.39 is 0 Å². The standard InChI is InChI=1S/C14H20FNS/c1-16-9-13(11-5-4-8-17-10-11)12-6-2-3-7-14(12)15/h2-3,6-7,11,13,16H,4-5,8-10H2,1H3. The molecule has 2 unspecified atom stereocenters. The number of benzene rings is 1. The largest absolute Gasteiger partial charge is 0.319 e. The molecule has 1 saturated heterocycles. The predicted octanol–water partition coefficient (Wildman–Crippen LogP) is 3.27. The quantitative estimate of drug-likeness (QED) is 0.884. The fraction of sp³-hybridized carbons (Fsp3) is 0.571. The molecule has 0 bridgehead atoms. The van der Waals surface area contributed by atoms with E-state index in [2.05, 4.69) is 5.32 Å². The zero-order chi connectivity index (χ0) is 12.1. The van der Waals surface area contributed by atoms with Crippen LogP contribution in [0.2, 0.25) is 0 Å². The summed E-state index contributed by atoms with van der Waals surface area (Å²) < 4.78 is 13.9. The lowest BCUT2D eigenvalue weighted by atomic mass is 9.84. The highest BCUT2D eigenvalue weighted by molar-refractivity contribution is 7.99. The van der Waals surface area contributed by atoms with E-state index in [1.807, 2.05) is 30.9 Å². The molecule has 2 atom stereocenters. The van der Waals surface area contributed by atoms with E-state index in [1.165, 1.54) is 24.3 Å². The highest BCUT2D eigenvalue weighted by Gasteiger charge is 2.26. The second-order valence-electron chi connectivity index (χ2n) is 4.66. The lowest BCUT2D eigenvalue weighted by Gasteiger charge is -2.30. The molecule has 0 spiro atoms. The van der Waals surface area contributed by atoms with Gasteiger partial charge >= 0.3 is 0 Å². The molecule has 0 saturated carbocycles. The van der Waals surface area contributed by atoms with E-state index in [0.717, 1.165) is 12.1 Å². The third-order valence-corrected chi connectivity index (χ3v) is 4.73. The van der Waals surface area contributed by atoms with Crippen LogP contribution in [0.15, 0.2) is 24.3 Å². The molecule has 2 rings (SSSR count). The van der Waals surface area contributed by atoms with Crippen molar-refractivity contribution in [3.63, 3.8) is 0 Å². The molecule has 1 aromatic carbocycles. The summed E-state index contributed by atoms with van der Waals surface area (Å²) in [6, 6.07) is 7.23. The molecule has 0 aliphatic carbocycles. The second kappa shape index (κ2) is 6.41. The predicted molar refractivity (Wildman–Crippen MR) is 73.1 cm³/mol. The molecule has 17 heavy (non-hydrogen) atoms. The second-order valence-corrected chi connectivity index (χ2v) is 5.81. The molecule has 1 aliphatic heterocycles. The third kappa shape index (κ3) is 3.23. The van der Waals surface area contributed by atoms with E-state index >= 15 is 0 Å². The first kappa shape index (κ1) is 12.9. The lowest BCUT2D eigenvalue weighted by molar-refractivity contribution is 0.401. The summed E-state index contributed by atoms with van der Waals surface area (Å²) in [5, 5.41) is 3.21. The fourth-order valence-electron chi connectivity index (χ4n) is 2.61. The molecule has 1 aliphatic rings. The number of hydrogen-bond acceptors (Lipinski definition) is 2.